The van der Waals surface area contributed by atoms with Crippen molar-refractivity contribution in [3.05, 3.63) is 76.3 Å². The largest absolute Gasteiger partial charge is 0.324 e. The fourth-order valence-electron chi connectivity index (χ4n) is 2.46. The van der Waals surface area contributed by atoms with Crippen molar-refractivity contribution in [2.75, 3.05) is 11.1 Å². The number of carbonyl (C=O) groups is 1. The number of carbonyl (C=O) groups excluding carboxylic acids is 1. The van der Waals surface area contributed by atoms with Gasteiger partial charge < -0.3 is 5.32 Å². The molecule has 5 nitrogen and oxygen atoms in total. The maximum Gasteiger partial charge on any atom is 0.262 e. The molecule has 0 spiro atoms. The van der Waals surface area contributed by atoms with E-state index in [0.29, 0.717) is 21.7 Å². The first-order valence-electron chi connectivity index (χ1n) is 7.98. The van der Waals surface area contributed by atoms with Gasteiger partial charge in [-0.1, -0.05) is 41.6 Å². The van der Waals surface area contributed by atoms with Gasteiger partial charge in [0.15, 0.2) is 5.16 Å². The summed E-state index contributed by atoms with van der Waals surface area (Å²) in [5.74, 6) is -0.822. The molecule has 0 bridgehead atoms. The molecule has 0 radical (unpaired) electrons. The lowest BCUT2D eigenvalue weighted by Gasteiger charge is -2.12. The Morgan fingerprint density at radius 2 is 2.11 bits per heavy atom. The molecule has 138 valence electrons. The Morgan fingerprint density at radius 1 is 1.33 bits per heavy atom. The summed E-state index contributed by atoms with van der Waals surface area (Å²) in [6, 6.07) is 10.8. The molecule has 1 amide bonds. The quantitative estimate of drug-likeness (QED) is 0.382. The molecular formula is C19H15ClFN3O2S. The molecular weight excluding hydrogens is 389 g/mol. The van der Waals surface area contributed by atoms with Crippen LogP contribution >= 0.6 is 23.4 Å². The van der Waals surface area contributed by atoms with Crippen molar-refractivity contribution in [1.82, 2.24) is 9.55 Å². The molecule has 3 rings (SSSR count). The van der Waals surface area contributed by atoms with E-state index < -0.39 is 5.82 Å². The highest BCUT2D eigenvalue weighted by atomic mass is 35.5. The molecule has 3 aromatic rings. The number of thioether (sulfide) groups is 1. The summed E-state index contributed by atoms with van der Waals surface area (Å²) < 4.78 is 14.6. The molecule has 0 aliphatic rings. The Bertz CT molecular complexity index is 1080. The maximum absolute atomic E-state index is 13.1. The second-order valence-electron chi connectivity index (χ2n) is 5.58. The summed E-state index contributed by atoms with van der Waals surface area (Å²) >= 11 is 7.04. The van der Waals surface area contributed by atoms with Crippen LogP contribution in [0.3, 0.4) is 0 Å². The third kappa shape index (κ3) is 4.37. The van der Waals surface area contributed by atoms with Crippen molar-refractivity contribution < 1.29 is 9.18 Å². The van der Waals surface area contributed by atoms with Crippen LogP contribution < -0.4 is 10.9 Å². The Labute approximate surface area is 163 Å². The van der Waals surface area contributed by atoms with Gasteiger partial charge >= 0.3 is 0 Å². The number of hydrogen-bond donors (Lipinski definition) is 1. The predicted octanol–water partition coefficient (Wildman–Crippen LogP) is 4.11. The summed E-state index contributed by atoms with van der Waals surface area (Å²) in [4.78, 5) is 29.4. The first kappa shape index (κ1) is 19.1. The number of fused-ring (bicyclic) bond motifs is 1. The number of rotatable bonds is 6. The van der Waals surface area contributed by atoms with E-state index >= 15 is 0 Å². The molecule has 1 aromatic heterocycles. The van der Waals surface area contributed by atoms with Crippen molar-refractivity contribution in [3.8, 4) is 0 Å². The summed E-state index contributed by atoms with van der Waals surface area (Å²) in [5.41, 5.74) is 0.691. The van der Waals surface area contributed by atoms with Gasteiger partial charge in [0.25, 0.3) is 5.56 Å². The normalized spacial score (nSPS) is 10.7. The molecule has 0 saturated carbocycles. The number of aromatic nitrogens is 2. The van der Waals surface area contributed by atoms with Crippen LogP contribution in [0.1, 0.15) is 0 Å². The van der Waals surface area contributed by atoms with E-state index in [4.69, 9.17) is 11.6 Å². The van der Waals surface area contributed by atoms with Crippen LogP contribution in [0.4, 0.5) is 10.1 Å². The van der Waals surface area contributed by atoms with Crippen LogP contribution in [-0.2, 0) is 11.3 Å². The zero-order valence-electron chi connectivity index (χ0n) is 14.1. The Morgan fingerprint density at radius 3 is 2.85 bits per heavy atom. The number of hydrogen-bond acceptors (Lipinski definition) is 4. The predicted molar refractivity (Wildman–Crippen MR) is 107 cm³/mol. The highest BCUT2D eigenvalue weighted by Gasteiger charge is 2.13. The third-order valence-electron chi connectivity index (χ3n) is 3.68. The van der Waals surface area contributed by atoms with Gasteiger partial charge in [-0.05, 0) is 30.3 Å². The van der Waals surface area contributed by atoms with Crippen molar-refractivity contribution in [1.29, 1.82) is 0 Å². The van der Waals surface area contributed by atoms with Crippen molar-refractivity contribution in [2.24, 2.45) is 0 Å². The summed E-state index contributed by atoms with van der Waals surface area (Å²) in [6.07, 6.45) is 1.60. The van der Waals surface area contributed by atoms with Crippen LogP contribution in [-0.4, -0.2) is 21.2 Å². The Hall–Kier alpha value is -2.64. The van der Waals surface area contributed by atoms with Crippen LogP contribution in [0.2, 0.25) is 5.02 Å². The number of amides is 1. The number of para-hydroxylation sites is 1. The van der Waals surface area contributed by atoms with Gasteiger partial charge in [-0.2, -0.15) is 0 Å². The average Bonchev–Trinajstić information content (AvgIpc) is 2.65. The molecule has 8 heteroatoms. The fraction of sp³-hybridized carbons (Fsp3) is 0.105. The zero-order valence-corrected chi connectivity index (χ0v) is 15.7. The molecule has 2 aromatic carbocycles. The Kier molecular flexibility index (Phi) is 5.93. The molecule has 0 fully saturated rings. The monoisotopic (exact) mass is 403 g/mol. The first-order valence-corrected chi connectivity index (χ1v) is 9.34. The summed E-state index contributed by atoms with van der Waals surface area (Å²) in [5, 5.41) is 3.65. The standard InChI is InChI=1S/C19H15ClFN3O2S/c1-2-9-24-18(26)13-5-3-4-6-15(13)23-19(24)27-11-17(25)22-16-8-7-12(21)10-14(16)20/h2-8,10H,1,9,11H2,(H,22,25). The van der Waals surface area contributed by atoms with Gasteiger partial charge in [0.1, 0.15) is 5.82 Å². The van der Waals surface area contributed by atoms with Gasteiger partial charge in [-0.3, -0.25) is 14.2 Å². The topological polar surface area (TPSA) is 64.0 Å². The number of anilines is 1. The SMILES string of the molecule is C=CCn1c(SCC(=O)Nc2ccc(F)cc2Cl)nc2ccccc2c1=O. The van der Waals surface area contributed by atoms with Crippen LogP contribution in [0, 0.1) is 5.82 Å². The first-order chi connectivity index (χ1) is 13.0. The number of halogens is 2. The van der Waals surface area contributed by atoms with Crippen LogP contribution in [0.25, 0.3) is 10.9 Å². The van der Waals surface area contributed by atoms with Gasteiger partial charge in [0.2, 0.25) is 5.91 Å². The molecule has 0 unspecified atom stereocenters. The van der Waals surface area contributed by atoms with Crippen LogP contribution in [0.5, 0.6) is 0 Å². The van der Waals surface area contributed by atoms with Gasteiger partial charge in [-0.15, -0.1) is 6.58 Å². The lowest BCUT2D eigenvalue weighted by molar-refractivity contribution is -0.113. The number of nitrogens with one attached hydrogen (secondary N) is 1. The highest BCUT2D eigenvalue weighted by molar-refractivity contribution is 7.99. The van der Waals surface area contributed by atoms with Gasteiger partial charge in [0, 0.05) is 6.54 Å². The van der Waals surface area contributed by atoms with Crippen molar-refractivity contribution >= 4 is 45.9 Å². The molecule has 1 N–H and O–H groups in total. The van der Waals surface area contributed by atoms with E-state index in [1.165, 1.54) is 16.7 Å². The molecule has 0 saturated heterocycles. The average molecular weight is 404 g/mol. The lowest BCUT2D eigenvalue weighted by atomic mass is 10.2. The number of allylic oxidation sites excluding steroid dienone is 1. The minimum Gasteiger partial charge on any atom is -0.324 e. The zero-order chi connectivity index (χ0) is 19.4. The molecule has 27 heavy (non-hydrogen) atoms. The van der Waals surface area contributed by atoms with E-state index in [1.807, 2.05) is 0 Å². The Balaban J connectivity index is 1.81. The minimum absolute atomic E-state index is 0.00955. The lowest BCUT2D eigenvalue weighted by Crippen LogP contribution is -2.23. The number of benzene rings is 2. The van der Waals surface area contributed by atoms with E-state index in [0.717, 1.165) is 17.8 Å². The van der Waals surface area contributed by atoms with E-state index in [-0.39, 0.29) is 28.8 Å². The van der Waals surface area contributed by atoms with Crippen LogP contribution in [0.15, 0.2) is 65.1 Å². The molecule has 1 heterocycles. The minimum atomic E-state index is -0.485. The van der Waals surface area contributed by atoms with Gasteiger partial charge in [-0.25, -0.2) is 9.37 Å². The number of nitrogens with zero attached hydrogens (tertiary/aromatic N) is 2. The van der Waals surface area contributed by atoms with Crippen molar-refractivity contribution in [2.45, 2.75) is 11.7 Å². The maximum atomic E-state index is 13.1. The fourth-order valence-corrected chi connectivity index (χ4v) is 3.48. The van der Waals surface area contributed by atoms with E-state index in [2.05, 4.69) is 16.9 Å². The highest BCUT2D eigenvalue weighted by Crippen LogP contribution is 2.23. The molecule has 0 aliphatic carbocycles. The molecule has 0 aliphatic heterocycles. The second-order valence-corrected chi connectivity index (χ2v) is 6.93. The van der Waals surface area contributed by atoms with E-state index in [1.54, 1.807) is 30.3 Å². The summed E-state index contributed by atoms with van der Waals surface area (Å²) in [7, 11) is 0. The smallest absolute Gasteiger partial charge is 0.262 e. The third-order valence-corrected chi connectivity index (χ3v) is 4.96. The summed E-state index contributed by atoms with van der Waals surface area (Å²) in [6.45, 7) is 3.95. The van der Waals surface area contributed by atoms with Gasteiger partial charge in [0.05, 0.1) is 27.4 Å². The second kappa shape index (κ2) is 8.37. The van der Waals surface area contributed by atoms with Crippen molar-refractivity contribution in [3.63, 3.8) is 0 Å². The van der Waals surface area contributed by atoms with E-state index in [9.17, 15) is 14.0 Å². The molecule has 0 atom stereocenters.